The Bertz CT molecular complexity index is 970. The lowest BCUT2D eigenvalue weighted by molar-refractivity contribution is -0.129. The number of anilines is 1. The number of aromatic nitrogens is 2. The van der Waals surface area contributed by atoms with Crippen molar-refractivity contribution >= 4 is 17.5 Å². The van der Waals surface area contributed by atoms with E-state index in [-0.39, 0.29) is 17.7 Å². The van der Waals surface area contributed by atoms with Crippen molar-refractivity contribution in [2.24, 2.45) is 0 Å². The van der Waals surface area contributed by atoms with Gasteiger partial charge in [-0.15, -0.1) is 0 Å². The third-order valence-electron chi connectivity index (χ3n) is 6.24. The Labute approximate surface area is 189 Å². The SMILES string of the molecule is Cc1nc([C@@H]2CCN(C(=O)Cc3ccc(N(C)C)cc3)C2)ncc1C(=O)N1CCOCC1. The highest BCUT2D eigenvalue weighted by molar-refractivity contribution is 5.95. The smallest absolute Gasteiger partial charge is 0.257 e. The molecular weight excluding hydrogens is 406 g/mol. The van der Waals surface area contributed by atoms with E-state index in [1.807, 2.05) is 55.1 Å². The fraction of sp³-hybridized carbons (Fsp3) is 0.500. The van der Waals surface area contributed by atoms with E-state index in [1.54, 1.807) is 11.1 Å². The molecule has 170 valence electrons. The number of hydrogen-bond donors (Lipinski definition) is 0. The second-order valence-corrected chi connectivity index (χ2v) is 8.69. The third kappa shape index (κ3) is 4.91. The molecule has 1 atom stereocenters. The molecular formula is C24H31N5O3. The van der Waals surface area contributed by atoms with Crippen molar-refractivity contribution < 1.29 is 14.3 Å². The number of likely N-dealkylation sites (tertiary alicyclic amines) is 1. The quantitative estimate of drug-likeness (QED) is 0.711. The van der Waals surface area contributed by atoms with Gasteiger partial charge in [-0.2, -0.15) is 0 Å². The zero-order chi connectivity index (χ0) is 22.7. The molecule has 0 bridgehead atoms. The number of amides is 2. The highest BCUT2D eigenvalue weighted by Crippen LogP contribution is 2.26. The Morgan fingerprint density at radius 2 is 1.81 bits per heavy atom. The molecule has 4 rings (SSSR count). The van der Waals surface area contributed by atoms with Gasteiger partial charge in [0, 0.05) is 58.1 Å². The molecule has 2 amide bonds. The first-order chi connectivity index (χ1) is 15.4. The first-order valence-corrected chi connectivity index (χ1v) is 11.2. The van der Waals surface area contributed by atoms with Gasteiger partial charge in [0.2, 0.25) is 5.91 Å². The molecule has 0 unspecified atom stereocenters. The Balaban J connectivity index is 1.36. The molecule has 2 aliphatic rings. The molecule has 2 aromatic rings. The van der Waals surface area contributed by atoms with Gasteiger partial charge in [0.15, 0.2) is 0 Å². The summed E-state index contributed by atoms with van der Waals surface area (Å²) >= 11 is 0. The van der Waals surface area contributed by atoms with Crippen LogP contribution in [0.1, 0.15) is 39.8 Å². The van der Waals surface area contributed by atoms with Gasteiger partial charge >= 0.3 is 0 Å². The van der Waals surface area contributed by atoms with E-state index in [2.05, 4.69) is 9.97 Å². The van der Waals surface area contributed by atoms with Gasteiger partial charge in [-0.05, 0) is 31.0 Å². The summed E-state index contributed by atoms with van der Waals surface area (Å²) in [7, 11) is 4.00. The summed E-state index contributed by atoms with van der Waals surface area (Å²) in [5.41, 5.74) is 3.37. The molecule has 2 saturated heterocycles. The van der Waals surface area contributed by atoms with Crippen molar-refractivity contribution in [1.29, 1.82) is 0 Å². The van der Waals surface area contributed by atoms with E-state index in [1.165, 1.54) is 0 Å². The molecule has 32 heavy (non-hydrogen) atoms. The molecule has 3 heterocycles. The maximum atomic E-state index is 12.8. The number of rotatable bonds is 5. The van der Waals surface area contributed by atoms with Crippen molar-refractivity contribution in [1.82, 2.24) is 19.8 Å². The van der Waals surface area contributed by atoms with Gasteiger partial charge in [0.25, 0.3) is 5.91 Å². The van der Waals surface area contributed by atoms with Gasteiger partial charge in [0.05, 0.1) is 30.9 Å². The molecule has 2 fully saturated rings. The van der Waals surface area contributed by atoms with Crippen LogP contribution < -0.4 is 4.90 Å². The summed E-state index contributed by atoms with van der Waals surface area (Å²) in [5, 5.41) is 0. The Kier molecular flexibility index (Phi) is 6.69. The molecule has 8 heteroatoms. The zero-order valence-electron chi connectivity index (χ0n) is 19.1. The summed E-state index contributed by atoms with van der Waals surface area (Å²) in [6, 6.07) is 8.09. The zero-order valence-corrected chi connectivity index (χ0v) is 19.1. The van der Waals surface area contributed by atoms with E-state index in [9.17, 15) is 9.59 Å². The highest BCUT2D eigenvalue weighted by atomic mass is 16.5. The third-order valence-corrected chi connectivity index (χ3v) is 6.24. The first kappa shape index (κ1) is 22.2. The number of nitrogens with zero attached hydrogens (tertiary/aromatic N) is 5. The van der Waals surface area contributed by atoms with Gasteiger partial charge in [-0.3, -0.25) is 9.59 Å². The highest BCUT2D eigenvalue weighted by Gasteiger charge is 2.30. The molecule has 0 saturated carbocycles. The van der Waals surface area contributed by atoms with Gasteiger partial charge < -0.3 is 19.4 Å². The average Bonchev–Trinajstić information content (AvgIpc) is 3.30. The maximum Gasteiger partial charge on any atom is 0.257 e. The van der Waals surface area contributed by atoms with Gasteiger partial charge in [-0.1, -0.05) is 12.1 Å². The molecule has 2 aliphatic heterocycles. The van der Waals surface area contributed by atoms with Crippen molar-refractivity contribution in [2.45, 2.75) is 25.7 Å². The minimum absolute atomic E-state index is 0.0409. The number of hydrogen-bond acceptors (Lipinski definition) is 6. The minimum atomic E-state index is -0.0409. The Morgan fingerprint density at radius 3 is 2.47 bits per heavy atom. The predicted molar refractivity (Wildman–Crippen MR) is 122 cm³/mol. The Hall–Kier alpha value is -3.00. The minimum Gasteiger partial charge on any atom is -0.378 e. The van der Waals surface area contributed by atoms with E-state index in [0.717, 1.165) is 17.7 Å². The molecule has 0 spiro atoms. The van der Waals surface area contributed by atoms with E-state index in [0.29, 0.717) is 62.9 Å². The van der Waals surface area contributed by atoms with Gasteiger partial charge in [-0.25, -0.2) is 9.97 Å². The summed E-state index contributed by atoms with van der Waals surface area (Å²) in [4.78, 5) is 40.4. The molecule has 1 aromatic carbocycles. The lowest BCUT2D eigenvalue weighted by Gasteiger charge is -2.27. The van der Waals surface area contributed by atoms with Crippen LogP contribution in [-0.2, 0) is 16.0 Å². The van der Waals surface area contributed by atoms with Crippen LogP contribution in [-0.4, -0.2) is 85.1 Å². The fourth-order valence-corrected chi connectivity index (χ4v) is 4.22. The molecule has 8 nitrogen and oxygen atoms in total. The van der Waals surface area contributed by atoms with Crippen molar-refractivity contribution in [3.8, 4) is 0 Å². The average molecular weight is 438 g/mol. The number of carbonyl (C=O) groups excluding carboxylic acids is 2. The summed E-state index contributed by atoms with van der Waals surface area (Å²) in [6.45, 7) is 5.50. The number of benzene rings is 1. The van der Waals surface area contributed by atoms with Crippen LogP contribution in [0.15, 0.2) is 30.5 Å². The predicted octanol–water partition coefficient (Wildman–Crippen LogP) is 1.88. The van der Waals surface area contributed by atoms with Crippen molar-refractivity contribution in [2.75, 3.05) is 58.4 Å². The normalized spacial score (nSPS) is 18.7. The number of carbonyl (C=O) groups is 2. The maximum absolute atomic E-state index is 12.8. The second kappa shape index (κ2) is 9.65. The fourth-order valence-electron chi connectivity index (χ4n) is 4.22. The largest absolute Gasteiger partial charge is 0.378 e. The van der Waals surface area contributed by atoms with E-state index in [4.69, 9.17) is 4.74 Å². The van der Waals surface area contributed by atoms with Crippen LogP contribution in [0.3, 0.4) is 0 Å². The lowest BCUT2D eigenvalue weighted by Crippen LogP contribution is -2.41. The monoisotopic (exact) mass is 437 g/mol. The van der Waals surface area contributed by atoms with Gasteiger partial charge in [0.1, 0.15) is 5.82 Å². The number of morpholine rings is 1. The summed E-state index contributed by atoms with van der Waals surface area (Å²) in [5.74, 6) is 0.898. The van der Waals surface area contributed by atoms with E-state index < -0.39 is 0 Å². The molecule has 0 aliphatic carbocycles. The van der Waals surface area contributed by atoms with Crippen LogP contribution in [0.2, 0.25) is 0 Å². The molecule has 0 radical (unpaired) electrons. The topological polar surface area (TPSA) is 78.9 Å². The summed E-state index contributed by atoms with van der Waals surface area (Å²) < 4.78 is 5.32. The van der Waals surface area contributed by atoms with Crippen LogP contribution in [0.4, 0.5) is 5.69 Å². The lowest BCUT2D eigenvalue weighted by atomic mass is 10.1. The standard InChI is InChI=1S/C24H31N5O3/c1-17-21(24(31)28-10-12-32-13-11-28)15-25-23(26-17)19-8-9-29(16-19)22(30)14-18-4-6-20(7-5-18)27(2)3/h4-7,15,19H,8-14,16H2,1-3H3/t19-/m1/s1. The second-order valence-electron chi connectivity index (χ2n) is 8.69. The van der Waals surface area contributed by atoms with Crippen LogP contribution in [0, 0.1) is 6.92 Å². The van der Waals surface area contributed by atoms with E-state index >= 15 is 0 Å². The number of ether oxygens (including phenoxy) is 1. The number of aryl methyl sites for hydroxylation is 1. The van der Waals surface area contributed by atoms with Crippen LogP contribution >= 0.6 is 0 Å². The first-order valence-electron chi connectivity index (χ1n) is 11.2. The molecule has 1 aromatic heterocycles. The molecule has 0 N–H and O–H groups in total. The summed E-state index contributed by atoms with van der Waals surface area (Å²) in [6.07, 6.45) is 2.88. The van der Waals surface area contributed by atoms with Crippen molar-refractivity contribution in [3.63, 3.8) is 0 Å². The van der Waals surface area contributed by atoms with Crippen LogP contribution in [0.5, 0.6) is 0 Å². The van der Waals surface area contributed by atoms with Crippen LogP contribution in [0.25, 0.3) is 0 Å². The Morgan fingerprint density at radius 1 is 1.09 bits per heavy atom. The van der Waals surface area contributed by atoms with Crippen molar-refractivity contribution in [3.05, 3.63) is 53.1 Å².